The molecule has 0 unspecified atom stereocenters. The lowest BCUT2D eigenvalue weighted by molar-refractivity contribution is 0.324. The normalized spacial score (nSPS) is 12.7. The predicted molar refractivity (Wildman–Crippen MR) is 72.7 cm³/mol. The molecule has 0 radical (unpaired) electrons. The third kappa shape index (κ3) is 2.93. The number of hydrogen-bond acceptors (Lipinski definition) is 5. The first-order chi connectivity index (χ1) is 9.13. The summed E-state index contributed by atoms with van der Waals surface area (Å²) in [6, 6.07) is 7.36. The van der Waals surface area contributed by atoms with E-state index in [9.17, 15) is 0 Å². The molecule has 0 bridgehead atoms. The van der Waals surface area contributed by atoms with Gasteiger partial charge in [0.25, 0.3) is 0 Å². The lowest BCUT2D eigenvalue weighted by Crippen LogP contribution is -2.16. The van der Waals surface area contributed by atoms with E-state index < -0.39 is 0 Å². The quantitative estimate of drug-likeness (QED) is 0.895. The summed E-state index contributed by atoms with van der Waals surface area (Å²) in [5, 5.41) is 3.99. The van der Waals surface area contributed by atoms with Crippen molar-refractivity contribution in [1.29, 1.82) is 0 Å². The van der Waals surface area contributed by atoms with E-state index in [4.69, 9.17) is 15.0 Å². The van der Waals surface area contributed by atoms with E-state index in [1.54, 1.807) is 0 Å². The number of aromatic nitrogens is 2. The first kappa shape index (κ1) is 13.5. The van der Waals surface area contributed by atoms with E-state index in [0.717, 1.165) is 11.3 Å². The van der Waals surface area contributed by atoms with Crippen LogP contribution in [-0.4, -0.2) is 16.7 Å². The van der Waals surface area contributed by atoms with Gasteiger partial charge in [0, 0.05) is 0 Å². The second kappa shape index (κ2) is 5.84. The molecule has 0 fully saturated rings. The Morgan fingerprint density at radius 2 is 2.05 bits per heavy atom. The Balaban J connectivity index is 2.32. The van der Waals surface area contributed by atoms with Gasteiger partial charge in [-0.25, -0.2) is 0 Å². The maximum Gasteiger partial charge on any atom is 0.244 e. The minimum atomic E-state index is -0.250. The number of hydrogen-bond donors (Lipinski definition) is 1. The highest BCUT2D eigenvalue weighted by Gasteiger charge is 2.19. The van der Waals surface area contributed by atoms with Crippen LogP contribution in [0, 0.1) is 5.92 Å². The average Bonchev–Trinajstić information content (AvgIpc) is 2.88. The lowest BCUT2D eigenvalue weighted by Gasteiger charge is -2.09. The van der Waals surface area contributed by atoms with Gasteiger partial charge in [0.1, 0.15) is 5.75 Å². The lowest BCUT2D eigenvalue weighted by atomic mass is 10.1. The number of nitrogens with two attached hydrogens (primary N) is 1. The van der Waals surface area contributed by atoms with Gasteiger partial charge in [-0.3, -0.25) is 0 Å². The molecule has 5 heteroatoms. The fourth-order valence-electron chi connectivity index (χ4n) is 1.70. The van der Waals surface area contributed by atoms with Crippen molar-refractivity contribution in [1.82, 2.24) is 10.1 Å². The summed E-state index contributed by atoms with van der Waals surface area (Å²) >= 11 is 0. The van der Waals surface area contributed by atoms with Crippen LogP contribution in [0.2, 0.25) is 0 Å². The minimum Gasteiger partial charge on any atom is -0.493 e. The highest BCUT2D eigenvalue weighted by Crippen LogP contribution is 2.28. The van der Waals surface area contributed by atoms with Crippen LogP contribution in [0.3, 0.4) is 0 Å². The van der Waals surface area contributed by atoms with Gasteiger partial charge in [0.15, 0.2) is 0 Å². The third-order valence-corrected chi connectivity index (χ3v) is 2.87. The van der Waals surface area contributed by atoms with Gasteiger partial charge < -0.3 is 15.0 Å². The van der Waals surface area contributed by atoms with Crippen molar-refractivity contribution in [3.63, 3.8) is 0 Å². The van der Waals surface area contributed by atoms with Gasteiger partial charge in [0.05, 0.1) is 18.2 Å². The zero-order valence-corrected chi connectivity index (χ0v) is 11.5. The molecule has 2 rings (SSSR count). The molecule has 0 amide bonds. The van der Waals surface area contributed by atoms with Crippen LogP contribution in [0.5, 0.6) is 5.75 Å². The van der Waals surface area contributed by atoms with Gasteiger partial charge >= 0.3 is 0 Å². The first-order valence-electron chi connectivity index (χ1n) is 6.44. The SMILES string of the molecule is CCOc1ccccc1-c1noc([C@H](N)C(C)C)n1. The zero-order chi connectivity index (χ0) is 13.8. The Kier molecular flexibility index (Phi) is 4.16. The molecule has 2 N–H and O–H groups in total. The van der Waals surface area contributed by atoms with E-state index in [1.807, 2.05) is 45.0 Å². The van der Waals surface area contributed by atoms with Gasteiger partial charge in [-0.2, -0.15) is 4.98 Å². The van der Waals surface area contributed by atoms with Crippen molar-refractivity contribution in [3.05, 3.63) is 30.2 Å². The Hall–Kier alpha value is -1.88. The summed E-state index contributed by atoms with van der Waals surface area (Å²) < 4.78 is 10.8. The van der Waals surface area contributed by atoms with Crippen molar-refractivity contribution in [3.8, 4) is 17.1 Å². The largest absolute Gasteiger partial charge is 0.493 e. The predicted octanol–water partition coefficient (Wildman–Crippen LogP) is 2.79. The molecule has 1 aromatic heterocycles. The van der Waals surface area contributed by atoms with Crippen molar-refractivity contribution in [2.45, 2.75) is 26.8 Å². The second-order valence-corrected chi connectivity index (χ2v) is 4.66. The molecule has 0 aliphatic heterocycles. The summed E-state index contributed by atoms with van der Waals surface area (Å²) in [4.78, 5) is 4.36. The Morgan fingerprint density at radius 1 is 1.32 bits per heavy atom. The van der Waals surface area contributed by atoms with Crippen molar-refractivity contribution < 1.29 is 9.26 Å². The molecule has 19 heavy (non-hydrogen) atoms. The molecule has 1 atom stereocenters. The molecule has 1 heterocycles. The van der Waals surface area contributed by atoms with Gasteiger partial charge in [-0.05, 0) is 25.0 Å². The fraction of sp³-hybridized carbons (Fsp3) is 0.429. The summed E-state index contributed by atoms with van der Waals surface area (Å²) in [7, 11) is 0. The van der Waals surface area contributed by atoms with Crippen molar-refractivity contribution in [2.75, 3.05) is 6.61 Å². The maximum atomic E-state index is 6.00. The van der Waals surface area contributed by atoms with Crippen LogP contribution in [-0.2, 0) is 0 Å². The molecule has 5 nitrogen and oxygen atoms in total. The van der Waals surface area contributed by atoms with Gasteiger partial charge in [-0.15, -0.1) is 0 Å². The van der Waals surface area contributed by atoms with E-state index in [1.165, 1.54) is 0 Å². The molecule has 1 aromatic carbocycles. The number of ether oxygens (including phenoxy) is 1. The summed E-state index contributed by atoms with van der Waals surface area (Å²) in [5.74, 6) is 1.96. The smallest absolute Gasteiger partial charge is 0.244 e. The van der Waals surface area contributed by atoms with E-state index in [0.29, 0.717) is 18.3 Å². The van der Waals surface area contributed by atoms with Crippen molar-refractivity contribution in [2.24, 2.45) is 11.7 Å². The Labute approximate surface area is 112 Å². The van der Waals surface area contributed by atoms with E-state index in [2.05, 4.69) is 10.1 Å². The minimum absolute atomic E-state index is 0.246. The highest BCUT2D eigenvalue weighted by atomic mass is 16.5. The molecule has 0 saturated heterocycles. The summed E-state index contributed by atoms with van der Waals surface area (Å²) in [6.45, 7) is 6.56. The summed E-state index contributed by atoms with van der Waals surface area (Å²) in [5.41, 5.74) is 6.81. The number of benzene rings is 1. The van der Waals surface area contributed by atoms with Crippen LogP contribution >= 0.6 is 0 Å². The molecular weight excluding hydrogens is 242 g/mol. The summed E-state index contributed by atoms with van der Waals surface area (Å²) in [6.07, 6.45) is 0. The Bertz CT molecular complexity index is 537. The molecule has 2 aromatic rings. The fourth-order valence-corrected chi connectivity index (χ4v) is 1.70. The number of nitrogens with zero attached hydrogens (tertiary/aromatic N) is 2. The monoisotopic (exact) mass is 261 g/mol. The van der Waals surface area contributed by atoms with E-state index in [-0.39, 0.29) is 12.0 Å². The van der Waals surface area contributed by atoms with Crippen LogP contribution in [0.1, 0.15) is 32.7 Å². The molecular formula is C14H19N3O2. The molecule has 0 aliphatic carbocycles. The van der Waals surface area contributed by atoms with Gasteiger partial charge in [-0.1, -0.05) is 31.1 Å². The number of rotatable bonds is 5. The molecule has 0 saturated carbocycles. The first-order valence-corrected chi connectivity index (χ1v) is 6.44. The third-order valence-electron chi connectivity index (χ3n) is 2.87. The van der Waals surface area contributed by atoms with Gasteiger partial charge in [0.2, 0.25) is 11.7 Å². The topological polar surface area (TPSA) is 74.2 Å². The van der Waals surface area contributed by atoms with Crippen LogP contribution < -0.4 is 10.5 Å². The molecule has 102 valence electrons. The van der Waals surface area contributed by atoms with Crippen molar-refractivity contribution >= 4 is 0 Å². The molecule has 0 spiro atoms. The van der Waals surface area contributed by atoms with Crippen LogP contribution in [0.25, 0.3) is 11.4 Å². The van der Waals surface area contributed by atoms with Crippen LogP contribution in [0.15, 0.2) is 28.8 Å². The highest BCUT2D eigenvalue weighted by molar-refractivity contribution is 5.63. The zero-order valence-electron chi connectivity index (χ0n) is 11.5. The van der Waals surface area contributed by atoms with Crippen LogP contribution in [0.4, 0.5) is 0 Å². The second-order valence-electron chi connectivity index (χ2n) is 4.66. The average molecular weight is 261 g/mol. The number of para-hydroxylation sites is 1. The Morgan fingerprint density at radius 3 is 2.74 bits per heavy atom. The maximum absolute atomic E-state index is 6.00. The standard InChI is InChI=1S/C14H19N3O2/c1-4-18-11-8-6-5-7-10(11)13-16-14(19-17-13)12(15)9(2)3/h5-9,12H,4,15H2,1-3H3/t12-/m1/s1. The molecule has 0 aliphatic rings. The van der Waals surface area contributed by atoms with E-state index >= 15 is 0 Å².